The molecule has 25 heavy (non-hydrogen) atoms. The molecule has 0 fully saturated rings. The van der Waals surface area contributed by atoms with Gasteiger partial charge in [0.2, 0.25) is 0 Å². The minimum Gasteiger partial charge on any atom is -0.396 e. The summed E-state index contributed by atoms with van der Waals surface area (Å²) in [6, 6.07) is 15.4. The summed E-state index contributed by atoms with van der Waals surface area (Å²) >= 11 is 0. The third-order valence-electron chi connectivity index (χ3n) is 4.54. The fourth-order valence-electron chi connectivity index (χ4n) is 2.94. The Kier molecular flexibility index (Phi) is 6.25. The molecular weight excluding hydrogens is 327 g/mol. The summed E-state index contributed by atoms with van der Waals surface area (Å²) in [6.07, 6.45) is -4.40. The molecule has 2 rings (SSSR count). The zero-order chi connectivity index (χ0) is 18.5. The molecule has 0 radical (unpaired) electrons. The van der Waals surface area contributed by atoms with Crippen LogP contribution in [0.1, 0.15) is 36.9 Å². The predicted molar refractivity (Wildman–Crippen MR) is 93.3 cm³/mol. The molecule has 0 saturated heterocycles. The highest BCUT2D eigenvalue weighted by Gasteiger charge is 2.41. The van der Waals surface area contributed by atoms with Crippen molar-refractivity contribution in [3.63, 3.8) is 0 Å². The van der Waals surface area contributed by atoms with Crippen molar-refractivity contribution < 1.29 is 18.3 Å². The molecule has 2 nitrogen and oxygen atoms in total. The Labute approximate surface area is 146 Å². The van der Waals surface area contributed by atoms with E-state index in [4.69, 9.17) is 0 Å². The van der Waals surface area contributed by atoms with Crippen LogP contribution in [0.5, 0.6) is 0 Å². The fraction of sp³-hybridized carbons (Fsp3) is 0.400. The monoisotopic (exact) mass is 351 g/mol. The molecule has 0 heterocycles. The van der Waals surface area contributed by atoms with Crippen molar-refractivity contribution in [2.24, 2.45) is 5.41 Å². The Hall–Kier alpha value is -1.85. The van der Waals surface area contributed by atoms with E-state index in [1.807, 2.05) is 44.2 Å². The van der Waals surface area contributed by atoms with Crippen LogP contribution in [0.25, 0.3) is 0 Å². The van der Waals surface area contributed by atoms with Crippen molar-refractivity contribution in [2.75, 3.05) is 13.2 Å². The van der Waals surface area contributed by atoms with Crippen molar-refractivity contribution >= 4 is 0 Å². The van der Waals surface area contributed by atoms with Crippen LogP contribution in [0.15, 0.2) is 60.7 Å². The maximum absolute atomic E-state index is 13.5. The van der Waals surface area contributed by atoms with Crippen LogP contribution in [0.2, 0.25) is 0 Å². The number of benzene rings is 2. The zero-order valence-electron chi connectivity index (χ0n) is 14.4. The van der Waals surface area contributed by atoms with Crippen molar-refractivity contribution in [3.05, 3.63) is 71.8 Å². The first-order valence-electron chi connectivity index (χ1n) is 8.26. The summed E-state index contributed by atoms with van der Waals surface area (Å²) in [4.78, 5) is 0. The van der Waals surface area contributed by atoms with E-state index in [1.54, 1.807) is 18.2 Å². The number of halogens is 3. The van der Waals surface area contributed by atoms with Gasteiger partial charge < -0.3 is 10.4 Å². The van der Waals surface area contributed by atoms with E-state index in [0.717, 1.165) is 5.56 Å². The van der Waals surface area contributed by atoms with Crippen molar-refractivity contribution in [3.8, 4) is 0 Å². The van der Waals surface area contributed by atoms with E-state index in [1.165, 1.54) is 12.1 Å². The van der Waals surface area contributed by atoms with Gasteiger partial charge in [0.1, 0.15) is 6.04 Å². The molecule has 136 valence electrons. The van der Waals surface area contributed by atoms with Gasteiger partial charge in [-0.15, -0.1) is 0 Å². The van der Waals surface area contributed by atoms with Gasteiger partial charge in [-0.2, -0.15) is 13.2 Å². The number of hydrogen-bond acceptors (Lipinski definition) is 2. The van der Waals surface area contributed by atoms with Gasteiger partial charge in [-0.05, 0) is 16.5 Å². The third kappa shape index (κ3) is 5.06. The second-order valence-corrected chi connectivity index (χ2v) is 6.90. The molecule has 0 amide bonds. The maximum Gasteiger partial charge on any atom is 0.407 e. The molecule has 0 aromatic heterocycles. The van der Waals surface area contributed by atoms with E-state index in [9.17, 15) is 18.3 Å². The van der Waals surface area contributed by atoms with Crippen molar-refractivity contribution in [1.29, 1.82) is 0 Å². The number of hydrogen-bond donors (Lipinski definition) is 2. The average molecular weight is 351 g/mol. The summed E-state index contributed by atoms with van der Waals surface area (Å²) in [5, 5.41) is 12.4. The molecule has 0 bridgehead atoms. The highest BCUT2D eigenvalue weighted by molar-refractivity contribution is 5.24. The van der Waals surface area contributed by atoms with Crippen LogP contribution in [0, 0.1) is 5.41 Å². The Balaban J connectivity index is 2.26. The van der Waals surface area contributed by atoms with Crippen LogP contribution < -0.4 is 5.32 Å². The number of aliphatic hydroxyl groups excluding tert-OH is 1. The predicted octanol–water partition coefficient (Wildman–Crippen LogP) is 4.68. The highest BCUT2D eigenvalue weighted by Crippen LogP contribution is 2.37. The summed E-state index contributed by atoms with van der Waals surface area (Å²) in [5.41, 5.74) is 0.535. The molecule has 2 aromatic rings. The fourth-order valence-corrected chi connectivity index (χ4v) is 2.94. The smallest absolute Gasteiger partial charge is 0.396 e. The summed E-state index contributed by atoms with van der Waals surface area (Å²) in [7, 11) is 0. The van der Waals surface area contributed by atoms with Crippen LogP contribution in [0.4, 0.5) is 13.2 Å². The van der Waals surface area contributed by atoms with Gasteiger partial charge in [0.15, 0.2) is 0 Å². The number of nitrogens with one attached hydrogen (secondary N) is 1. The topological polar surface area (TPSA) is 32.3 Å². The van der Waals surface area contributed by atoms with Crippen molar-refractivity contribution in [1.82, 2.24) is 5.32 Å². The van der Waals surface area contributed by atoms with E-state index < -0.39 is 17.6 Å². The standard InChI is InChI=1S/C20H24F3NO/c1-19(2,14-25)17(15-9-5-3-6-10-15)13-24-18(20(21,22)23)16-11-7-4-8-12-16/h3-12,17-18,24-25H,13-14H2,1-2H3/t17-,18-/m0/s1. The molecule has 0 saturated carbocycles. The number of alkyl halides is 3. The highest BCUT2D eigenvalue weighted by atomic mass is 19.4. The van der Waals surface area contributed by atoms with Crippen LogP contribution in [-0.2, 0) is 0 Å². The third-order valence-corrected chi connectivity index (χ3v) is 4.54. The molecule has 0 aliphatic rings. The largest absolute Gasteiger partial charge is 0.407 e. The van der Waals surface area contributed by atoms with Gasteiger partial charge in [-0.25, -0.2) is 0 Å². The minimum atomic E-state index is -4.40. The molecule has 0 aliphatic heterocycles. The first kappa shape index (κ1) is 19.5. The molecule has 2 aromatic carbocycles. The van der Waals surface area contributed by atoms with Gasteiger partial charge in [-0.1, -0.05) is 74.5 Å². The summed E-state index contributed by atoms with van der Waals surface area (Å²) < 4.78 is 40.6. The molecule has 2 N–H and O–H groups in total. The second kappa shape index (κ2) is 8.02. The second-order valence-electron chi connectivity index (χ2n) is 6.90. The number of aliphatic hydroxyl groups is 1. The number of rotatable bonds is 7. The van der Waals surface area contributed by atoms with Gasteiger partial charge >= 0.3 is 6.18 Å². The summed E-state index contributed by atoms with van der Waals surface area (Å²) in [6.45, 7) is 3.71. The first-order chi connectivity index (χ1) is 11.8. The minimum absolute atomic E-state index is 0.108. The van der Waals surface area contributed by atoms with E-state index in [-0.39, 0.29) is 24.6 Å². The molecule has 5 heteroatoms. The Bertz CT molecular complexity index is 641. The lowest BCUT2D eigenvalue weighted by atomic mass is 9.75. The van der Waals surface area contributed by atoms with Gasteiger partial charge in [0.25, 0.3) is 0 Å². The van der Waals surface area contributed by atoms with E-state index in [2.05, 4.69) is 5.32 Å². The Morgan fingerprint density at radius 1 is 0.880 bits per heavy atom. The van der Waals surface area contributed by atoms with Crippen LogP contribution in [-0.4, -0.2) is 24.4 Å². The van der Waals surface area contributed by atoms with Gasteiger partial charge in [-0.3, -0.25) is 0 Å². The van der Waals surface area contributed by atoms with Gasteiger partial charge in [0.05, 0.1) is 0 Å². The first-order valence-corrected chi connectivity index (χ1v) is 8.26. The lowest BCUT2D eigenvalue weighted by molar-refractivity contribution is -0.158. The van der Waals surface area contributed by atoms with E-state index >= 15 is 0 Å². The summed E-state index contributed by atoms with van der Waals surface area (Å²) in [5.74, 6) is -0.257. The molecule has 0 spiro atoms. The average Bonchev–Trinajstić information content (AvgIpc) is 2.59. The van der Waals surface area contributed by atoms with Crippen LogP contribution >= 0.6 is 0 Å². The normalized spacial score (nSPS) is 15.0. The molecular formula is C20H24F3NO. The van der Waals surface area contributed by atoms with Crippen LogP contribution in [0.3, 0.4) is 0 Å². The quantitative estimate of drug-likeness (QED) is 0.759. The molecule has 0 unspecified atom stereocenters. The van der Waals surface area contributed by atoms with Crippen molar-refractivity contribution in [2.45, 2.75) is 32.0 Å². The lowest BCUT2D eigenvalue weighted by Crippen LogP contribution is -2.40. The SMILES string of the molecule is CC(C)(CO)[C@@H](CN[C@@H](c1ccccc1)C(F)(F)F)c1ccccc1. The maximum atomic E-state index is 13.5. The molecule has 0 aliphatic carbocycles. The zero-order valence-corrected chi connectivity index (χ0v) is 14.4. The molecule has 2 atom stereocenters. The lowest BCUT2D eigenvalue weighted by Gasteiger charge is -2.35. The Morgan fingerprint density at radius 3 is 1.80 bits per heavy atom. The Morgan fingerprint density at radius 2 is 1.36 bits per heavy atom. The van der Waals surface area contributed by atoms with E-state index in [0.29, 0.717) is 0 Å². The van der Waals surface area contributed by atoms with Gasteiger partial charge in [0, 0.05) is 19.1 Å².